The van der Waals surface area contributed by atoms with Crippen LogP contribution in [-0.2, 0) is 0 Å². The normalized spacial score (nSPS) is 33.5. The van der Waals surface area contributed by atoms with Crippen LogP contribution in [0.15, 0.2) is 30.3 Å². The number of nitrogens with two attached hydrogens (primary N) is 2. The van der Waals surface area contributed by atoms with Crippen LogP contribution in [0.4, 0.5) is 0 Å². The van der Waals surface area contributed by atoms with E-state index in [0.717, 1.165) is 0 Å². The minimum atomic E-state index is -0.0415. The van der Waals surface area contributed by atoms with Gasteiger partial charge in [0.1, 0.15) is 5.50 Å². The average molecular weight is 195 g/mol. The van der Waals surface area contributed by atoms with Gasteiger partial charge in [-0.25, -0.2) is 0 Å². The number of rotatable bonds is 1. The monoisotopic (exact) mass is 195 g/mol. The average Bonchev–Trinajstić information content (AvgIpc) is 2.47. The van der Waals surface area contributed by atoms with E-state index in [0.29, 0.717) is 0 Å². The molecule has 3 atom stereocenters. The minimum absolute atomic E-state index is 0.0394. The molecule has 1 aliphatic heterocycles. The fourth-order valence-corrected chi connectivity index (χ4v) is 2.60. The van der Waals surface area contributed by atoms with E-state index in [1.807, 2.05) is 18.2 Å². The predicted octanol–water partition coefficient (Wildman–Crippen LogP) is 0.591. The highest BCUT2D eigenvalue weighted by Gasteiger charge is 2.30. The summed E-state index contributed by atoms with van der Waals surface area (Å²) in [6.07, 6.45) is -0.0394. The van der Waals surface area contributed by atoms with Crippen molar-refractivity contribution in [3.05, 3.63) is 35.9 Å². The van der Waals surface area contributed by atoms with E-state index in [1.54, 1.807) is 11.8 Å². The molecule has 1 fully saturated rings. The fourth-order valence-electron chi connectivity index (χ4n) is 1.49. The molecule has 1 heterocycles. The smallest absolute Gasteiger partial charge is 0.105 e. The zero-order valence-corrected chi connectivity index (χ0v) is 8.00. The van der Waals surface area contributed by atoms with Gasteiger partial charge in [-0.05, 0) is 5.56 Å². The van der Waals surface area contributed by atoms with Gasteiger partial charge in [-0.1, -0.05) is 30.3 Å². The van der Waals surface area contributed by atoms with E-state index < -0.39 is 0 Å². The van der Waals surface area contributed by atoms with Crippen LogP contribution >= 0.6 is 11.8 Å². The third kappa shape index (κ3) is 1.86. The molecular weight excluding hydrogens is 182 g/mol. The molecular formula is C9H13N3S. The fraction of sp³-hybridized carbons (Fsp3) is 0.333. The van der Waals surface area contributed by atoms with Gasteiger partial charge in [0.15, 0.2) is 0 Å². The molecule has 0 amide bonds. The van der Waals surface area contributed by atoms with Gasteiger partial charge in [-0.2, -0.15) is 0 Å². The summed E-state index contributed by atoms with van der Waals surface area (Å²) in [6.45, 7) is 0. The first-order valence-electron chi connectivity index (χ1n) is 4.25. The third-order valence-electron chi connectivity index (χ3n) is 2.10. The molecule has 4 heteroatoms. The van der Waals surface area contributed by atoms with Gasteiger partial charge >= 0.3 is 0 Å². The van der Waals surface area contributed by atoms with E-state index in [-0.39, 0.29) is 16.9 Å². The second-order valence-corrected chi connectivity index (χ2v) is 4.37. The lowest BCUT2D eigenvalue weighted by Gasteiger charge is -2.13. The van der Waals surface area contributed by atoms with E-state index in [2.05, 4.69) is 17.4 Å². The summed E-state index contributed by atoms with van der Waals surface area (Å²) in [5.74, 6) is 0. The molecule has 2 rings (SSSR count). The van der Waals surface area contributed by atoms with E-state index in [1.165, 1.54) is 5.56 Å². The summed E-state index contributed by atoms with van der Waals surface area (Å²) in [7, 11) is 0. The summed E-state index contributed by atoms with van der Waals surface area (Å²) in [6, 6.07) is 10.2. The number of thioether (sulfide) groups is 1. The van der Waals surface area contributed by atoms with Crippen molar-refractivity contribution in [2.75, 3.05) is 0 Å². The van der Waals surface area contributed by atoms with Crippen LogP contribution in [0.25, 0.3) is 0 Å². The zero-order chi connectivity index (χ0) is 9.26. The second kappa shape index (κ2) is 3.67. The van der Waals surface area contributed by atoms with Crippen LogP contribution in [-0.4, -0.2) is 11.7 Å². The molecule has 1 aromatic carbocycles. The predicted molar refractivity (Wildman–Crippen MR) is 55.9 cm³/mol. The second-order valence-electron chi connectivity index (χ2n) is 3.08. The topological polar surface area (TPSA) is 64.1 Å². The molecule has 3 nitrogen and oxygen atoms in total. The van der Waals surface area contributed by atoms with E-state index >= 15 is 0 Å². The van der Waals surface area contributed by atoms with E-state index in [9.17, 15) is 0 Å². The van der Waals surface area contributed by atoms with Crippen molar-refractivity contribution in [2.24, 2.45) is 11.5 Å². The van der Waals surface area contributed by atoms with Crippen molar-refractivity contribution in [1.29, 1.82) is 0 Å². The Kier molecular flexibility index (Phi) is 2.55. The summed E-state index contributed by atoms with van der Waals surface area (Å²) in [5.41, 5.74) is 12.8. The molecule has 5 N–H and O–H groups in total. The van der Waals surface area contributed by atoms with Gasteiger partial charge in [0.25, 0.3) is 0 Å². The molecule has 70 valence electrons. The highest BCUT2D eigenvalue weighted by Crippen LogP contribution is 2.36. The Morgan fingerprint density at radius 2 is 1.85 bits per heavy atom. The van der Waals surface area contributed by atoms with Gasteiger partial charge in [-0.3, -0.25) is 5.32 Å². The first-order chi connectivity index (χ1) is 6.27. The van der Waals surface area contributed by atoms with Crippen molar-refractivity contribution >= 4 is 11.8 Å². The lowest BCUT2D eigenvalue weighted by molar-refractivity contribution is 0.544. The summed E-state index contributed by atoms with van der Waals surface area (Å²) in [5, 5.41) is 3.36. The SMILES string of the molecule is NC1NC(N)C(c2ccccc2)S1. The highest BCUT2D eigenvalue weighted by molar-refractivity contribution is 8.00. The Labute approximate surface area is 81.9 Å². The molecule has 1 aliphatic rings. The van der Waals surface area contributed by atoms with Crippen molar-refractivity contribution in [2.45, 2.75) is 16.9 Å². The first-order valence-corrected chi connectivity index (χ1v) is 5.19. The molecule has 0 spiro atoms. The Morgan fingerprint density at radius 3 is 2.38 bits per heavy atom. The summed E-state index contributed by atoms with van der Waals surface area (Å²) in [4.78, 5) is 0. The van der Waals surface area contributed by atoms with Crippen LogP contribution in [0.5, 0.6) is 0 Å². The number of hydrogen-bond donors (Lipinski definition) is 3. The highest BCUT2D eigenvalue weighted by atomic mass is 32.2. The molecule has 0 radical (unpaired) electrons. The van der Waals surface area contributed by atoms with Gasteiger partial charge in [0.05, 0.1) is 11.4 Å². The van der Waals surface area contributed by atoms with Gasteiger partial charge in [-0.15, -0.1) is 11.8 Å². The van der Waals surface area contributed by atoms with Crippen LogP contribution in [0.1, 0.15) is 10.8 Å². The molecule has 0 bridgehead atoms. The third-order valence-corrected chi connectivity index (χ3v) is 3.39. The lowest BCUT2D eigenvalue weighted by atomic mass is 10.1. The van der Waals surface area contributed by atoms with Crippen molar-refractivity contribution in [3.8, 4) is 0 Å². The molecule has 0 aromatic heterocycles. The molecule has 1 aromatic rings. The lowest BCUT2D eigenvalue weighted by Crippen LogP contribution is -2.41. The maximum absolute atomic E-state index is 5.89. The van der Waals surface area contributed by atoms with Gasteiger partial charge < -0.3 is 11.5 Å². The molecule has 0 aliphatic carbocycles. The molecule has 1 saturated heterocycles. The Balaban J connectivity index is 2.18. The standard InChI is InChI=1S/C9H13N3S/c10-8-7(13-9(11)12-8)6-4-2-1-3-5-6/h1-5,7-9,12H,10-11H2. The van der Waals surface area contributed by atoms with Crippen LogP contribution in [0.2, 0.25) is 0 Å². The van der Waals surface area contributed by atoms with Crippen LogP contribution < -0.4 is 16.8 Å². The largest absolute Gasteiger partial charge is 0.315 e. The summed E-state index contributed by atoms with van der Waals surface area (Å²) >= 11 is 1.67. The molecule has 0 saturated carbocycles. The summed E-state index contributed by atoms with van der Waals surface area (Å²) < 4.78 is 0. The van der Waals surface area contributed by atoms with Gasteiger partial charge in [0.2, 0.25) is 0 Å². The maximum atomic E-state index is 5.89. The van der Waals surface area contributed by atoms with Crippen molar-refractivity contribution in [1.82, 2.24) is 5.32 Å². The first kappa shape index (κ1) is 9.02. The number of nitrogens with one attached hydrogen (secondary N) is 1. The van der Waals surface area contributed by atoms with Crippen LogP contribution in [0, 0.1) is 0 Å². The molecule has 3 unspecified atom stereocenters. The quantitative estimate of drug-likeness (QED) is 0.614. The zero-order valence-electron chi connectivity index (χ0n) is 7.18. The Bertz CT molecular complexity index is 277. The van der Waals surface area contributed by atoms with Crippen LogP contribution in [0.3, 0.4) is 0 Å². The maximum Gasteiger partial charge on any atom is 0.105 e. The van der Waals surface area contributed by atoms with Gasteiger partial charge in [0, 0.05) is 0 Å². The minimum Gasteiger partial charge on any atom is -0.315 e. The Hall–Kier alpha value is -0.550. The number of benzene rings is 1. The van der Waals surface area contributed by atoms with E-state index in [4.69, 9.17) is 11.5 Å². The van der Waals surface area contributed by atoms with Crippen molar-refractivity contribution < 1.29 is 0 Å². The Morgan fingerprint density at radius 1 is 1.15 bits per heavy atom. The van der Waals surface area contributed by atoms with Crippen molar-refractivity contribution in [3.63, 3.8) is 0 Å². The number of hydrogen-bond acceptors (Lipinski definition) is 4. The molecule has 13 heavy (non-hydrogen) atoms.